The summed E-state index contributed by atoms with van der Waals surface area (Å²) in [5.41, 5.74) is 2.72. The zero-order valence-electron chi connectivity index (χ0n) is 18.0. The van der Waals surface area contributed by atoms with Gasteiger partial charge in [-0.25, -0.2) is 17.9 Å². The lowest BCUT2D eigenvalue weighted by Gasteiger charge is -2.45. The number of rotatable bonds is 2. The Kier molecular flexibility index (Phi) is 4.53. The molecule has 1 amide bonds. The van der Waals surface area contributed by atoms with Gasteiger partial charge in [-0.15, -0.1) is 0 Å². The number of fused-ring (bicyclic) bond motifs is 5. The van der Waals surface area contributed by atoms with E-state index in [0.717, 1.165) is 49.1 Å². The van der Waals surface area contributed by atoms with E-state index >= 15 is 0 Å². The van der Waals surface area contributed by atoms with Crippen molar-refractivity contribution in [2.24, 2.45) is 7.05 Å². The Balaban J connectivity index is 1.40. The zero-order valence-corrected chi connectivity index (χ0v) is 18.0. The fraction of sp³-hybridized carbons (Fsp3) is 0.435. The van der Waals surface area contributed by atoms with Gasteiger partial charge in [0.1, 0.15) is 0 Å². The fourth-order valence-electron chi connectivity index (χ4n) is 5.51. The molecule has 0 saturated carbocycles. The van der Waals surface area contributed by atoms with E-state index in [4.69, 9.17) is 4.74 Å². The molecule has 3 aliphatic heterocycles. The number of nitrogens with zero attached hydrogens (tertiary/aromatic N) is 5. The van der Waals surface area contributed by atoms with Crippen molar-refractivity contribution in [2.75, 3.05) is 6.61 Å². The minimum atomic E-state index is -1.49. The molecule has 1 fully saturated rings. The molecular weight excluding hydrogens is 435 g/mol. The van der Waals surface area contributed by atoms with Gasteiger partial charge in [-0.1, -0.05) is 0 Å². The molecule has 2 atom stereocenters. The largest absolute Gasteiger partial charge is 0.478 e. The Morgan fingerprint density at radius 3 is 2.64 bits per heavy atom. The van der Waals surface area contributed by atoms with Crippen molar-refractivity contribution in [3.63, 3.8) is 0 Å². The lowest BCUT2D eigenvalue weighted by molar-refractivity contribution is 0.0385. The summed E-state index contributed by atoms with van der Waals surface area (Å²) >= 11 is 0. The first-order chi connectivity index (χ1) is 15.9. The van der Waals surface area contributed by atoms with Crippen LogP contribution >= 0.6 is 0 Å². The van der Waals surface area contributed by atoms with Crippen molar-refractivity contribution < 1.29 is 22.7 Å². The van der Waals surface area contributed by atoms with E-state index in [0.29, 0.717) is 36.8 Å². The van der Waals surface area contributed by atoms with Crippen LogP contribution < -0.4 is 4.74 Å². The van der Waals surface area contributed by atoms with Gasteiger partial charge in [0, 0.05) is 43.2 Å². The summed E-state index contributed by atoms with van der Waals surface area (Å²) in [7, 11) is 1.70. The van der Waals surface area contributed by atoms with Crippen molar-refractivity contribution in [1.29, 1.82) is 0 Å². The Morgan fingerprint density at radius 2 is 1.88 bits per heavy atom. The average Bonchev–Trinajstić information content (AvgIpc) is 3.37. The van der Waals surface area contributed by atoms with Gasteiger partial charge in [-0.2, -0.15) is 10.2 Å². The van der Waals surface area contributed by atoms with Gasteiger partial charge in [-0.05, 0) is 37.8 Å². The number of hydrogen-bond acceptors (Lipinski definition) is 4. The van der Waals surface area contributed by atoms with Crippen LogP contribution in [0.5, 0.6) is 5.88 Å². The fourth-order valence-corrected chi connectivity index (χ4v) is 5.51. The molecule has 0 aliphatic carbocycles. The monoisotopic (exact) mass is 457 g/mol. The van der Waals surface area contributed by atoms with E-state index in [-0.39, 0.29) is 23.6 Å². The highest BCUT2D eigenvalue weighted by molar-refractivity contribution is 5.93. The first kappa shape index (κ1) is 20.3. The van der Waals surface area contributed by atoms with Crippen molar-refractivity contribution in [1.82, 2.24) is 24.5 Å². The Bertz CT molecular complexity index is 1240. The minimum absolute atomic E-state index is 0.0820. The Morgan fingerprint density at radius 1 is 1.09 bits per heavy atom. The molecule has 0 spiro atoms. The summed E-state index contributed by atoms with van der Waals surface area (Å²) in [5.74, 6) is -3.52. The molecule has 0 radical (unpaired) electrons. The zero-order chi connectivity index (χ0) is 22.9. The summed E-state index contributed by atoms with van der Waals surface area (Å²) in [6.45, 7) is 1.33. The second-order valence-corrected chi connectivity index (χ2v) is 8.90. The SMILES string of the molecule is Cn1nc2c(c1-c1cc(F)c(F)c(F)c1)C[C@H]1CCC[C@@H]2N1C(=O)c1cc2n(n1)CCCO2. The van der Waals surface area contributed by atoms with E-state index < -0.39 is 17.5 Å². The topological polar surface area (TPSA) is 65.2 Å². The molecule has 172 valence electrons. The predicted molar refractivity (Wildman–Crippen MR) is 111 cm³/mol. The molecule has 5 heterocycles. The molecule has 3 aliphatic rings. The summed E-state index contributed by atoms with van der Waals surface area (Å²) < 4.78 is 50.4. The van der Waals surface area contributed by atoms with Crippen LogP contribution in [0.25, 0.3) is 11.3 Å². The van der Waals surface area contributed by atoms with E-state index in [1.165, 1.54) is 0 Å². The molecule has 1 saturated heterocycles. The predicted octanol–water partition coefficient (Wildman–Crippen LogP) is 3.78. The maximum absolute atomic E-state index is 14.0. The molecule has 2 aromatic heterocycles. The van der Waals surface area contributed by atoms with E-state index in [1.54, 1.807) is 22.5 Å². The van der Waals surface area contributed by atoms with Gasteiger partial charge >= 0.3 is 0 Å². The summed E-state index contributed by atoms with van der Waals surface area (Å²) in [6.07, 6.45) is 3.86. The van der Waals surface area contributed by atoms with Crippen LogP contribution in [-0.2, 0) is 20.0 Å². The third kappa shape index (κ3) is 3.07. The Hall–Kier alpha value is -3.30. The molecule has 33 heavy (non-hydrogen) atoms. The molecular formula is C23H22F3N5O2. The molecule has 10 heteroatoms. The molecule has 1 aromatic carbocycles. The number of carbonyl (C=O) groups is 1. The number of aromatic nitrogens is 4. The van der Waals surface area contributed by atoms with Gasteiger partial charge in [0.15, 0.2) is 23.1 Å². The summed E-state index contributed by atoms with van der Waals surface area (Å²) in [4.78, 5) is 15.4. The second-order valence-electron chi connectivity index (χ2n) is 8.90. The van der Waals surface area contributed by atoms with Crippen LogP contribution in [0.1, 0.15) is 53.5 Å². The maximum atomic E-state index is 14.0. The molecule has 3 aromatic rings. The third-order valence-corrected chi connectivity index (χ3v) is 6.89. The van der Waals surface area contributed by atoms with Crippen molar-refractivity contribution in [3.8, 4) is 17.1 Å². The van der Waals surface area contributed by atoms with Crippen molar-refractivity contribution >= 4 is 5.91 Å². The quantitative estimate of drug-likeness (QED) is 0.550. The molecule has 6 rings (SSSR count). The number of ether oxygens (including phenoxy) is 1. The number of amides is 1. The molecule has 0 N–H and O–H groups in total. The molecule has 7 nitrogen and oxygen atoms in total. The molecule has 0 unspecified atom stereocenters. The van der Waals surface area contributed by atoms with Crippen molar-refractivity contribution in [2.45, 2.75) is 50.7 Å². The van der Waals surface area contributed by atoms with E-state index in [9.17, 15) is 18.0 Å². The number of hydrogen-bond donors (Lipinski definition) is 0. The van der Waals surface area contributed by atoms with Gasteiger partial charge in [-0.3, -0.25) is 9.48 Å². The number of halogens is 3. The minimum Gasteiger partial charge on any atom is -0.478 e. The highest BCUT2D eigenvalue weighted by Crippen LogP contribution is 2.45. The van der Waals surface area contributed by atoms with Crippen molar-refractivity contribution in [3.05, 3.63) is 52.6 Å². The highest BCUT2D eigenvalue weighted by atomic mass is 19.2. The van der Waals surface area contributed by atoms with Gasteiger partial charge < -0.3 is 9.64 Å². The summed E-state index contributed by atoms with van der Waals surface area (Å²) in [6, 6.07) is 3.36. The highest BCUT2D eigenvalue weighted by Gasteiger charge is 2.44. The van der Waals surface area contributed by atoms with Crippen LogP contribution in [0.15, 0.2) is 18.2 Å². The Labute approximate surface area is 187 Å². The second kappa shape index (κ2) is 7.36. The third-order valence-electron chi connectivity index (χ3n) is 6.89. The number of piperidine rings is 1. The lowest BCUT2D eigenvalue weighted by atomic mass is 9.81. The van der Waals surface area contributed by atoms with Crippen LogP contribution in [0.4, 0.5) is 13.2 Å². The van der Waals surface area contributed by atoms with Crippen LogP contribution in [0, 0.1) is 17.5 Å². The van der Waals surface area contributed by atoms with Crippen LogP contribution in [-0.4, -0.2) is 43.0 Å². The van der Waals surface area contributed by atoms with Gasteiger partial charge in [0.25, 0.3) is 5.91 Å². The van der Waals surface area contributed by atoms with Gasteiger partial charge in [0.2, 0.25) is 5.88 Å². The number of benzene rings is 1. The number of aryl methyl sites for hydroxylation is 2. The lowest BCUT2D eigenvalue weighted by Crippen LogP contribution is -2.50. The first-order valence-electron chi connectivity index (χ1n) is 11.2. The smallest absolute Gasteiger partial charge is 0.275 e. The maximum Gasteiger partial charge on any atom is 0.275 e. The summed E-state index contributed by atoms with van der Waals surface area (Å²) in [5, 5.41) is 9.12. The standard InChI is InChI=1S/C23H22F3N5O2/c1-29-22(12-8-15(24)20(26)16(25)9-12)14-10-13-4-2-5-18(21(14)28-29)31(13)23(32)17-11-19-30(27-17)6-3-7-33-19/h8-9,11,13,18H,2-7,10H2,1H3/t13-,18+/m1/s1. The molecule has 2 bridgehead atoms. The van der Waals surface area contributed by atoms with E-state index in [1.807, 2.05) is 4.90 Å². The van der Waals surface area contributed by atoms with Crippen LogP contribution in [0.2, 0.25) is 0 Å². The average molecular weight is 457 g/mol. The van der Waals surface area contributed by atoms with E-state index in [2.05, 4.69) is 10.2 Å². The first-order valence-corrected chi connectivity index (χ1v) is 11.2. The van der Waals surface area contributed by atoms with Crippen LogP contribution in [0.3, 0.4) is 0 Å². The normalized spacial score (nSPS) is 21.4. The van der Waals surface area contributed by atoms with Gasteiger partial charge in [0.05, 0.1) is 24.0 Å². The number of carbonyl (C=O) groups excluding carboxylic acids is 1.